The van der Waals surface area contributed by atoms with Crippen LogP contribution < -0.4 is 14.5 Å². The predicted molar refractivity (Wildman–Crippen MR) is 184 cm³/mol. The Morgan fingerprint density at radius 1 is 1.18 bits per heavy atom. The third-order valence-corrected chi connectivity index (χ3v) is 9.22. The second kappa shape index (κ2) is 14.3. The Hall–Kier alpha value is -3.54. The number of nitrogens with zero attached hydrogens (tertiary/aromatic N) is 8. The maximum Gasteiger partial charge on any atom is 0.318 e. The largest absolute Gasteiger partial charge is 0.462 e. The number of aromatic nitrogens is 4. The van der Waals surface area contributed by atoms with Gasteiger partial charge in [0.25, 0.3) is 5.91 Å². The standard InChI is InChI=1S/C31H38FN9O2.2H2S/c1-19-13-26-25(15-34-37-26)28(20(19)2)39-10-8-24-27(17-39)35-31(43-18-22-7-6-9-38(22)5)36-29(24)40-11-12-41(30(42)21(3)32)23(16-40)14-33-4;;/h13,15,22-23H,3,6-12,14,16-18H2,1-2,5H3,(H,34,37);2*1H2/t22-,23-;;/m0../s1. The number of aryl methyl sites for hydroxylation is 1. The Kier molecular flexibility index (Phi) is 10.9. The zero-order chi connectivity index (χ0) is 30.2. The lowest BCUT2D eigenvalue weighted by Crippen LogP contribution is -2.57. The van der Waals surface area contributed by atoms with Gasteiger partial charge < -0.3 is 29.2 Å². The van der Waals surface area contributed by atoms with E-state index in [1.165, 1.54) is 16.0 Å². The number of amides is 1. The van der Waals surface area contributed by atoms with Crippen LogP contribution in [-0.4, -0.2) is 101 Å². The molecule has 6 rings (SSSR count). The van der Waals surface area contributed by atoms with Crippen LogP contribution in [0.2, 0.25) is 0 Å². The molecule has 242 valence electrons. The van der Waals surface area contributed by atoms with E-state index in [9.17, 15) is 9.18 Å². The van der Waals surface area contributed by atoms with Gasteiger partial charge in [-0.1, -0.05) is 6.58 Å². The van der Waals surface area contributed by atoms with E-state index < -0.39 is 17.8 Å². The average molecular weight is 656 g/mol. The number of likely N-dealkylation sites (N-methyl/N-ethyl adjacent to an activating group) is 1. The number of ether oxygens (including phenoxy) is 1. The summed E-state index contributed by atoms with van der Waals surface area (Å²) in [6, 6.07) is 2.31. The van der Waals surface area contributed by atoms with Crippen LogP contribution in [0.4, 0.5) is 15.9 Å². The molecule has 0 radical (unpaired) electrons. The van der Waals surface area contributed by atoms with E-state index in [4.69, 9.17) is 21.3 Å². The summed E-state index contributed by atoms with van der Waals surface area (Å²) < 4.78 is 20.1. The van der Waals surface area contributed by atoms with E-state index in [0.29, 0.717) is 38.3 Å². The van der Waals surface area contributed by atoms with E-state index in [1.54, 1.807) is 0 Å². The number of carbonyl (C=O) groups is 1. The van der Waals surface area contributed by atoms with Gasteiger partial charge in [0.05, 0.1) is 29.6 Å². The van der Waals surface area contributed by atoms with E-state index in [-0.39, 0.29) is 40.1 Å². The molecule has 45 heavy (non-hydrogen) atoms. The fourth-order valence-corrected chi connectivity index (χ4v) is 6.71. The van der Waals surface area contributed by atoms with Crippen molar-refractivity contribution in [3.8, 4) is 6.01 Å². The molecule has 5 heterocycles. The number of halogens is 1. The molecule has 3 aromatic rings. The number of benzene rings is 1. The van der Waals surface area contributed by atoms with Crippen molar-refractivity contribution in [3.63, 3.8) is 0 Å². The first-order valence-corrected chi connectivity index (χ1v) is 14.9. The summed E-state index contributed by atoms with van der Waals surface area (Å²) >= 11 is 0. The normalized spacial score (nSPS) is 19.8. The number of rotatable bonds is 7. The molecule has 3 aliphatic rings. The number of aromatic amines is 1. The fourth-order valence-electron chi connectivity index (χ4n) is 6.71. The van der Waals surface area contributed by atoms with E-state index in [2.05, 4.69) is 63.3 Å². The van der Waals surface area contributed by atoms with Crippen molar-refractivity contribution in [2.75, 3.05) is 62.7 Å². The predicted octanol–water partition coefficient (Wildman–Crippen LogP) is 3.65. The third kappa shape index (κ3) is 6.71. The van der Waals surface area contributed by atoms with E-state index in [1.807, 2.05) is 6.20 Å². The number of fused-ring (bicyclic) bond motifs is 2. The van der Waals surface area contributed by atoms with Gasteiger partial charge in [0, 0.05) is 43.2 Å². The maximum atomic E-state index is 13.8. The quantitative estimate of drug-likeness (QED) is 0.305. The number of piperazine rings is 1. The third-order valence-electron chi connectivity index (χ3n) is 9.22. The minimum atomic E-state index is -1.01. The summed E-state index contributed by atoms with van der Waals surface area (Å²) in [4.78, 5) is 34.2. The number of hydrogen-bond donors (Lipinski definition) is 1. The van der Waals surface area contributed by atoms with Crippen molar-refractivity contribution in [1.82, 2.24) is 30.0 Å². The van der Waals surface area contributed by atoms with Crippen LogP contribution in [0.25, 0.3) is 15.7 Å². The molecule has 11 nitrogen and oxygen atoms in total. The van der Waals surface area contributed by atoms with Crippen LogP contribution in [0.1, 0.15) is 35.2 Å². The Morgan fingerprint density at radius 2 is 1.98 bits per heavy atom. The van der Waals surface area contributed by atoms with Gasteiger partial charge in [-0.2, -0.15) is 42.1 Å². The Labute approximate surface area is 277 Å². The lowest BCUT2D eigenvalue weighted by atomic mass is 9.99. The van der Waals surface area contributed by atoms with E-state index in [0.717, 1.165) is 66.0 Å². The van der Waals surface area contributed by atoms with Crippen LogP contribution in [0, 0.1) is 20.4 Å². The monoisotopic (exact) mass is 655 g/mol. The van der Waals surface area contributed by atoms with Gasteiger partial charge in [-0.05, 0) is 63.9 Å². The van der Waals surface area contributed by atoms with Gasteiger partial charge >= 0.3 is 6.01 Å². The molecular weight excluding hydrogens is 614 g/mol. The molecule has 1 aromatic carbocycles. The Morgan fingerprint density at radius 3 is 2.69 bits per heavy atom. The molecule has 2 fully saturated rings. The van der Waals surface area contributed by atoms with Crippen molar-refractivity contribution in [1.29, 1.82) is 0 Å². The average Bonchev–Trinajstić information content (AvgIpc) is 3.63. The number of H-pyrrole nitrogens is 1. The molecule has 0 bridgehead atoms. The topological polar surface area (TPSA) is 98.1 Å². The first kappa shape index (κ1) is 34.3. The molecule has 1 amide bonds. The second-order valence-electron chi connectivity index (χ2n) is 11.9. The van der Waals surface area contributed by atoms with E-state index >= 15 is 0 Å². The van der Waals surface area contributed by atoms with Gasteiger partial charge in [-0.15, -0.1) is 0 Å². The van der Waals surface area contributed by atoms with Gasteiger partial charge in [0.15, 0.2) is 5.83 Å². The lowest BCUT2D eigenvalue weighted by molar-refractivity contribution is -0.131. The minimum absolute atomic E-state index is 0. The summed E-state index contributed by atoms with van der Waals surface area (Å²) in [5.74, 6) is -0.985. The van der Waals surface area contributed by atoms with Gasteiger partial charge in [-0.25, -0.2) is 11.0 Å². The Bertz CT molecular complexity index is 1610. The van der Waals surface area contributed by atoms with Crippen LogP contribution in [0.3, 0.4) is 0 Å². The summed E-state index contributed by atoms with van der Waals surface area (Å²) in [5.41, 5.74) is 6.52. The number of likely N-dealkylation sites (tertiary alicyclic amines) is 1. The molecule has 0 aliphatic carbocycles. The molecule has 0 spiro atoms. The van der Waals surface area contributed by atoms with Crippen LogP contribution >= 0.6 is 27.0 Å². The number of hydrogen-bond acceptors (Lipinski definition) is 8. The highest BCUT2D eigenvalue weighted by molar-refractivity contribution is 7.59. The molecular formula is C31H42FN9O2S2. The highest BCUT2D eigenvalue weighted by atomic mass is 32.1. The van der Waals surface area contributed by atoms with Crippen molar-refractivity contribution in [2.24, 2.45) is 0 Å². The van der Waals surface area contributed by atoms with Crippen LogP contribution in [-0.2, 0) is 17.8 Å². The fraction of sp³-hybridized carbons (Fsp3) is 0.516. The zero-order valence-electron chi connectivity index (χ0n) is 26.1. The van der Waals surface area contributed by atoms with Gasteiger partial charge in [-0.3, -0.25) is 9.89 Å². The summed E-state index contributed by atoms with van der Waals surface area (Å²) in [5, 5.41) is 8.51. The molecule has 2 atom stereocenters. The minimum Gasteiger partial charge on any atom is -0.462 e. The van der Waals surface area contributed by atoms with Crippen molar-refractivity contribution in [3.05, 3.63) is 58.5 Å². The van der Waals surface area contributed by atoms with Crippen molar-refractivity contribution in [2.45, 2.75) is 51.7 Å². The summed E-state index contributed by atoms with van der Waals surface area (Å²) in [6.45, 7) is 19.0. The summed E-state index contributed by atoms with van der Waals surface area (Å²) in [6.07, 6.45) is 4.82. The number of nitrogens with one attached hydrogen (secondary N) is 1. The molecule has 2 aromatic heterocycles. The molecule has 1 N–H and O–H groups in total. The smallest absolute Gasteiger partial charge is 0.318 e. The highest BCUT2D eigenvalue weighted by Gasteiger charge is 2.36. The maximum absolute atomic E-state index is 13.8. The SMILES string of the molecule is S.S.[C-]#[N+]C[C@H]1CN(c2nc(OC[C@@H]3CCCN3C)nc3c2CCN(c2c(C)c(C)cc4[nH]ncc24)C3)CCN1C(=O)C(=C)F. The second-order valence-corrected chi connectivity index (χ2v) is 11.9. The van der Waals surface area contributed by atoms with Crippen molar-refractivity contribution >= 4 is 55.3 Å². The zero-order valence-corrected chi connectivity index (χ0v) is 28.1. The molecule has 14 heteroatoms. The van der Waals surface area contributed by atoms with Crippen LogP contribution in [0.15, 0.2) is 24.7 Å². The molecule has 2 saturated heterocycles. The number of carbonyl (C=O) groups excluding carboxylic acids is 1. The molecule has 0 saturated carbocycles. The molecule has 3 aliphatic heterocycles. The number of anilines is 2. The summed E-state index contributed by atoms with van der Waals surface area (Å²) in [7, 11) is 2.11. The molecule has 0 unspecified atom stereocenters. The Balaban J connectivity index is 0.00000230. The lowest BCUT2D eigenvalue weighted by Gasteiger charge is -2.41. The van der Waals surface area contributed by atoms with Gasteiger partial charge in [0.1, 0.15) is 18.5 Å². The first-order valence-electron chi connectivity index (χ1n) is 14.9. The van der Waals surface area contributed by atoms with Crippen LogP contribution in [0.5, 0.6) is 6.01 Å². The first-order chi connectivity index (χ1) is 20.7. The van der Waals surface area contributed by atoms with Crippen molar-refractivity contribution < 1.29 is 13.9 Å². The van der Waals surface area contributed by atoms with Gasteiger partial charge in [0.2, 0.25) is 6.54 Å². The highest BCUT2D eigenvalue weighted by Crippen LogP contribution is 2.37.